The minimum Gasteiger partial charge on any atom is -0.467 e. The summed E-state index contributed by atoms with van der Waals surface area (Å²) in [6, 6.07) is 16.6. The molecule has 1 aliphatic rings. The fourth-order valence-electron chi connectivity index (χ4n) is 3.65. The molecule has 0 unspecified atom stereocenters. The summed E-state index contributed by atoms with van der Waals surface area (Å²) in [5.41, 5.74) is 1.85. The summed E-state index contributed by atoms with van der Waals surface area (Å²) < 4.78 is 20.9. The number of nitrogens with zero attached hydrogens (tertiary/aromatic N) is 5. The average molecular weight is 497 g/mol. The van der Waals surface area contributed by atoms with E-state index < -0.39 is 5.82 Å². The Balaban J connectivity index is 1.35. The molecule has 0 radical (unpaired) electrons. The summed E-state index contributed by atoms with van der Waals surface area (Å²) in [5.74, 6) is 6.17. The van der Waals surface area contributed by atoms with E-state index in [1.807, 2.05) is 18.2 Å². The van der Waals surface area contributed by atoms with Gasteiger partial charge in [-0.3, -0.25) is 4.79 Å². The van der Waals surface area contributed by atoms with Gasteiger partial charge < -0.3 is 10.3 Å². The Morgan fingerprint density at radius 3 is 2.68 bits per heavy atom. The highest BCUT2D eigenvalue weighted by molar-refractivity contribution is 7.99. The highest BCUT2D eigenvalue weighted by Crippen LogP contribution is 2.34. The number of hydrogen-bond donors (Lipinski definition) is 1. The Bertz CT molecular complexity index is 1360. The molecule has 3 heterocycles. The van der Waals surface area contributed by atoms with E-state index in [0.29, 0.717) is 17.2 Å². The van der Waals surface area contributed by atoms with Crippen molar-refractivity contribution in [2.45, 2.75) is 17.6 Å². The van der Waals surface area contributed by atoms with Crippen LogP contribution in [0.3, 0.4) is 0 Å². The Labute approximate surface area is 203 Å². The minimum absolute atomic E-state index is 0.00120. The number of benzene rings is 2. The number of hydrazone groups is 1. The molecule has 0 saturated heterocycles. The van der Waals surface area contributed by atoms with Gasteiger partial charge in [0.1, 0.15) is 17.6 Å². The molecule has 8 nitrogen and oxygen atoms in total. The molecule has 34 heavy (non-hydrogen) atoms. The predicted octanol–water partition coefficient (Wildman–Crippen LogP) is 4.51. The first-order chi connectivity index (χ1) is 16.5. The number of halogens is 2. The van der Waals surface area contributed by atoms with Crippen LogP contribution in [0.2, 0.25) is 5.02 Å². The van der Waals surface area contributed by atoms with Crippen molar-refractivity contribution >= 4 is 35.0 Å². The molecule has 2 N–H and O–H groups in total. The first kappa shape index (κ1) is 22.2. The number of aromatic nitrogens is 3. The molecule has 1 amide bonds. The SMILES string of the molecule is Nn1c(SCC(=O)N2N=C(c3ccc(Cl)cc3)C[C@@H]2c2ccco2)nnc1-c1ccccc1F. The van der Waals surface area contributed by atoms with E-state index in [2.05, 4.69) is 15.3 Å². The zero-order chi connectivity index (χ0) is 23.7. The second-order valence-electron chi connectivity index (χ2n) is 7.47. The fraction of sp³-hybridized carbons (Fsp3) is 0.130. The standard InChI is InChI=1S/C23H18ClFN6O2S/c24-15-9-7-14(8-10-15)18-12-19(20-6-3-11-33-20)31(29-18)21(32)13-34-23-28-27-22(30(23)26)16-4-1-2-5-17(16)25/h1-11,19H,12-13,26H2/t19-/m1/s1. The van der Waals surface area contributed by atoms with Crippen LogP contribution in [0, 0.1) is 5.82 Å². The van der Waals surface area contributed by atoms with Crippen molar-refractivity contribution < 1.29 is 13.6 Å². The predicted molar refractivity (Wildman–Crippen MR) is 127 cm³/mol. The number of nitrogens with two attached hydrogens (primary N) is 1. The maximum Gasteiger partial charge on any atom is 0.253 e. The van der Waals surface area contributed by atoms with Crippen molar-refractivity contribution in [3.8, 4) is 11.4 Å². The normalized spacial score (nSPS) is 15.5. The van der Waals surface area contributed by atoms with E-state index in [1.165, 1.54) is 15.8 Å². The Hall–Kier alpha value is -3.63. The van der Waals surface area contributed by atoms with Crippen LogP contribution in [0.5, 0.6) is 0 Å². The van der Waals surface area contributed by atoms with Crippen molar-refractivity contribution in [1.82, 2.24) is 19.9 Å². The summed E-state index contributed by atoms with van der Waals surface area (Å²) in [7, 11) is 0. The number of hydrogen-bond acceptors (Lipinski definition) is 7. The molecule has 0 bridgehead atoms. The number of rotatable bonds is 6. The largest absolute Gasteiger partial charge is 0.467 e. The molecule has 2 aromatic heterocycles. The molecule has 2 aromatic carbocycles. The lowest BCUT2D eigenvalue weighted by atomic mass is 10.0. The smallest absolute Gasteiger partial charge is 0.253 e. The number of nitrogen functional groups attached to an aromatic ring is 1. The van der Waals surface area contributed by atoms with Gasteiger partial charge in [-0.15, -0.1) is 10.2 Å². The number of amides is 1. The Kier molecular flexibility index (Phi) is 6.08. The molecule has 5 rings (SSSR count). The van der Waals surface area contributed by atoms with Crippen LogP contribution >= 0.6 is 23.4 Å². The molecule has 1 aliphatic heterocycles. The molecule has 0 spiro atoms. The van der Waals surface area contributed by atoms with Gasteiger partial charge in [-0.25, -0.2) is 14.1 Å². The van der Waals surface area contributed by atoms with Gasteiger partial charge >= 0.3 is 0 Å². The second kappa shape index (κ2) is 9.32. The van der Waals surface area contributed by atoms with E-state index in [1.54, 1.807) is 42.7 Å². The molecule has 172 valence electrons. The van der Waals surface area contributed by atoms with Crippen LogP contribution < -0.4 is 5.84 Å². The maximum atomic E-state index is 14.1. The lowest BCUT2D eigenvalue weighted by Crippen LogP contribution is -2.28. The number of carbonyl (C=O) groups excluding carboxylic acids is 1. The molecular formula is C23H18ClFN6O2S. The van der Waals surface area contributed by atoms with Gasteiger partial charge in [-0.1, -0.05) is 47.6 Å². The van der Waals surface area contributed by atoms with Crippen molar-refractivity contribution in [2.75, 3.05) is 11.6 Å². The van der Waals surface area contributed by atoms with Crippen LogP contribution in [0.15, 0.2) is 81.6 Å². The number of thioether (sulfide) groups is 1. The van der Waals surface area contributed by atoms with E-state index in [-0.39, 0.29) is 34.2 Å². The Morgan fingerprint density at radius 1 is 1.15 bits per heavy atom. The third-order valence-corrected chi connectivity index (χ3v) is 6.50. The third kappa shape index (κ3) is 4.29. The van der Waals surface area contributed by atoms with Gasteiger partial charge in [0.2, 0.25) is 5.16 Å². The van der Waals surface area contributed by atoms with Crippen LogP contribution in [0.4, 0.5) is 4.39 Å². The van der Waals surface area contributed by atoms with E-state index in [0.717, 1.165) is 23.0 Å². The van der Waals surface area contributed by atoms with Crippen molar-refractivity contribution in [2.24, 2.45) is 5.10 Å². The van der Waals surface area contributed by atoms with Crippen molar-refractivity contribution in [1.29, 1.82) is 0 Å². The summed E-state index contributed by atoms with van der Waals surface area (Å²) in [6.07, 6.45) is 2.06. The molecule has 0 saturated carbocycles. The van der Waals surface area contributed by atoms with Crippen LogP contribution in [-0.4, -0.2) is 37.3 Å². The highest BCUT2D eigenvalue weighted by atomic mass is 35.5. The van der Waals surface area contributed by atoms with Crippen molar-refractivity contribution in [3.63, 3.8) is 0 Å². The fourth-order valence-corrected chi connectivity index (χ4v) is 4.49. The first-order valence-corrected chi connectivity index (χ1v) is 11.6. The summed E-state index contributed by atoms with van der Waals surface area (Å²) in [6.45, 7) is 0. The monoisotopic (exact) mass is 496 g/mol. The highest BCUT2D eigenvalue weighted by Gasteiger charge is 2.35. The van der Waals surface area contributed by atoms with Crippen LogP contribution in [0.1, 0.15) is 23.8 Å². The summed E-state index contributed by atoms with van der Waals surface area (Å²) >= 11 is 7.10. The Morgan fingerprint density at radius 2 is 1.94 bits per heavy atom. The molecular weight excluding hydrogens is 479 g/mol. The van der Waals surface area contributed by atoms with Gasteiger partial charge in [0.15, 0.2) is 5.82 Å². The van der Waals surface area contributed by atoms with E-state index >= 15 is 0 Å². The van der Waals surface area contributed by atoms with Gasteiger partial charge in [0.05, 0.1) is 23.3 Å². The second-order valence-corrected chi connectivity index (χ2v) is 8.85. The van der Waals surface area contributed by atoms with Crippen LogP contribution in [-0.2, 0) is 4.79 Å². The molecule has 1 atom stereocenters. The first-order valence-electron chi connectivity index (χ1n) is 10.3. The lowest BCUT2D eigenvalue weighted by Gasteiger charge is -2.19. The van der Waals surface area contributed by atoms with Gasteiger partial charge in [-0.2, -0.15) is 5.10 Å². The molecule has 11 heteroatoms. The summed E-state index contributed by atoms with van der Waals surface area (Å²) in [5, 5.41) is 14.9. The van der Waals surface area contributed by atoms with E-state index in [4.69, 9.17) is 21.9 Å². The minimum atomic E-state index is -0.461. The zero-order valence-corrected chi connectivity index (χ0v) is 19.2. The van der Waals surface area contributed by atoms with Crippen molar-refractivity contribution in [3.05, 3.63) is 89.1 Å². The third-order valence-electron chi connectivity index (χ3n) is 5.32. The van der Waals surface area contributed by atoms with Gasteiger partial charge in [0, 0.05) is 11.4 Å². The lowest BCUT2D eigenvalue weighted by molar-refractivity contribution is -0.130. The number of carbonyl (C=O) groups is 1. The van der Waals surface area contributed by atoms with Crippen LogP contribution in [0.25, 0.3) is 11.4 Å². The molecule has 0 aliphatic carbocycles. The zero-order valence-electron chi connectivity index (χ0n) is 17.6. The maximum absolute atomic E-state index is 14.1. The number of furan rings is 1. The molecule has 4 aromatic rings. The van der Waals surface area contributed by atoms with E-state index in [9.17, 15) is 9.18 Å². The van der Waals surface area contributed by atoms with Gasteiger partial charge in [0.25, 0.3) is 5.91 Å². The molecule has 0 fully saturated rings. The topological polar surface area (TPSA) is 103 Å². The average Bonchev–Trinajstić information content (AvgIpc) is 3.59. The quantitative estimate of drug-likeness (QED) is 0.311. The summed E-state index contributed by atoms with van der Waals surface area (Å²) in [4.78, 5) is 13.2. The van der Waals surface area contributed by atoms with Gasteiger partial charge in [-0.05, 0) is 42.0 Å².